The molecule has 0 radical (unpaired) electrons. The number of aromatic nitrogens is 2. The summed E-state index contributed by atoms with van der Waals surface area (Å²) in [6.45, 7) is 4.17. The first-order chi connectivity index (χ1) is 16.0. The summed E-state index contributed by atoms with van der Waals surface area (Å²) < 4.78 is 22.8. The number of methoxy groups -OCH3 is 2. The maximum Gasteiger partial charge on any atom is 0.355 e. The number of hydrogen-bond acceptors (Lipinski definition) is 7. The molecule has 2 heterocycles. The molecule has 0 saturated carbocycles. The molecule has 0 spiro atoms. The first-order valence-electron chi connectivity index (χ1n) is 11.0. The second-order valence-electron chi connectivity index (χ2n) is 8.17. The van der Waals surface area contributed by atoms with E-state index in [1.54, 1.807) is 14.2 Å². The maximum absolute atomic E-state index is 6.53. The van der Waals surface area contributed by atoms with Crippen molar-refractivity contribution in [2.24, 2.45) is 4.99 Å². The van der Waals surface area contributed by atoms with Crippen LogP contribution in [-0.2, 0) is 6.42 Å². The largest absolute Gasteiger partial charge is 0.493 e. The van der Waals surface area contributed by atoms with Crippen LogP contribution in [-0.4, -0.2) is 41.7 Å². The van der Waals surface area contributed by atoms with Gasteiger partial charge >= 0.3 is 6.01 Å². The number of aliphatic imine (C=N–C) groups is 1. The van der Waals surface area contributed by atoms with Crippen LogP contribution in [0.2, 0.25) is 0 Å². The SMILES string of the molecule is CCC(CCc1ccc(OC)c(OC)c1)(Oc1noc(-c2ccccc2)n1)C1(C)C=CC=N1. The molecule has 3 aromatic rings. The van der Waals surface area contributed by atoms with E-state index in [2.05, 4.69) is 30.1 Å². The van der Waals surface area contributed by atoms with Crippen LogP contribution in [0.3, 0.4) is 0 Å². The summed E-state index contributed by atoms with van der Waals surface area (Å²) >= 11 is 0. The Bertz CT molecular complexity index is 1130. The molecule has 2 atom stereocenters. The number of hydrogen-bond donors (Lipinski definition) is 0. The van der Waals surface area contributed by atoms with Gasteiger partial charge in [0.2, 0.25) is 0 Å². The van der Waals surface area contributed by atoms with Crippen LogP contribution in [0.5, 0.6) is 17.5 Å². The van der Waals surface area contributed by atoms with E-state index >= 15 is 0 Å². The zero-order chi connectivity index (χ0) is 23.3. The van der Waals surface area contributed by atoms with Crippen LogP contribution < -0.4 is 14.2 Å². The van der Waals surface area contributed by atoms with Gasteiger partial charge in [-0.3, -0.25) is 4.99 Å². The van der Waals surface area contributed by atoms with Gasteiger partial charge < -0.3 is 18.7 Å². The lowest BCUT2D eigenvalue weighted by atomic mass is 9.76. The molecular formula is C26H29N3O4. The van der Waals surface area contributed by atoms with Crippen molar-refractivity contribution in [2.75, 3.05) is 14.2 Å². The van der Waals surface area contributed by atoms with Gasteiger partial charge in [0.25, 0.3) is 5.89 Å². The molecule has 2 unspecified atom stereocenters. The molecule has 0 fully saturated rings. The highest BCUT2D eigenvalue weighted by atomic mass is 16.6. The van der Waals surface area contributed by atoms with Crippen LogP contribution in [0.25, 0.3) is 11.5 Å². The van der Waals surface area contributed by atoms with Crippen LogP contribution >= 0.6 is 0 Å². The van der Waals surface area contributed by atoms with Gasteiger partial charge in [-0.15, -0.1) is 0 Å². The van der Waals surface area contributed by atoms with E-state index in [9.17, 15) is 0 Å². The van der Waals surface area contributed by atoms with E-state index in [-0.39, 0.29) is 6.01 Å². The van der Waals surface area contributed by atoms with Gasteiger partial charge in [0.05, 0.1) is 14.2 Å². The van der Waals surface area contributed by atoms with Gasteiger partial charge in [-0.05, 0) is 67.2 Å². The highest BCUT2D eigenvalue weighted by Crippen LogP contribution is 2.41. The molecule has 1 aromatic heterocycles. The number of nitrogens with zero attached hydrogens (tertiary/aromatic N) is 3. The molecule has 0 bridgehead atoms. The quantitative estimate of drug-likeness (QED) is 0.419. The molecular weight excluding hydrogens is 418 g/mol. The Kier molecular flexibility index (Phi) is 6.49. The Morgan fingerprint density at radius 2 is 1.82 bits per heavy atom. The summed E-state index contributed by atoms with van der Waals surface area (Å²) in [6.07, 6.45) is 7.98. The fraction of sp³-hybridized carbons (Fsp3) is 0.346. The highest BCUT2D eigenvalue weighted by molar-refractivity contribution is 5.75. The van der Waals surface area contributed by atoms with Gasteiger partial charge in [0, 0.05) is 11.8 Å². The summed E-state index contributed by atoms with van der Waals surface area (Å²) in [5.74, 6) is 1.83. The minimum Gasteiger partial charge on any atom is -0.493 e. The first kappa shape index (κ1) is 22.6. The monoisotopic (exact) mass is 447 g/mol. The predicted octanol–water partition coefficient (Wildman–Crippen LogP) is 5.31. The third-order valence-corrected chi connectivity index (χ3v) is 6.32. The predicted molar refractivity (Wildman–Crippen MR) is 127 cm³/mol. The van der Waals surface area contributed by atoms with Crippen LogP contribution in [0, 0.1) is 0 Å². The van der Waals surface area contributed by atoms with Crippen molar-refractivity contribution in [1.29, 1.82) is 0 Å². The Hall–Kier alpha value is -3.61. The number of aryl methyl sites for hydroxylation is 1. The average molecular weight is 448 g/mol. The Morgan fingerprint density at radius 3 is 2.48 bits per heavy atom. The van der Waals surface area contributed by atoms with E-state index in [0.29, 0.717) is 30.2 Å². The minimum atomic E-state index is -0.679. The number of ether oxygens (including phenoxy) is 3. The first-order valence-corrected chi connectivity index (χ1v) is 11.0. The van der Waals surface area contributed by atoms with Gasteiger partial charge in [-0.25, -0.2) is 0 Å². The summed E-state index contributed by atoms with van der Waals surface area (Å²) in [5.41, 5.74) is 0.715. The van der Waals surface area contributed by atoms with Crippen molar-refractivity contribution in [1.82, 2.24) is 10.1 Å². The van der Waals surface area contributed by atoms with Crippen molar-refractivity contribution in [3.05, 3.63) is 66.2 Å². The fourth-order valence-electron chi connectivity index (χ4n) is 4.26. The Morgan fingerprint density at radius 1 is 1.03 bits per heavy atom. The van der Waals surface area contributed by atoms with Gasteiger partial charge in [-0.2, -0.15) is 4.98 Å². The average Bonchev–Trinajstić information content (AvgIpc) is 3.52. The Balaban J connectivity index is 1.62. The Labute approximate surface area is 194 Å². The second-order valence-corrected chi connectivity index (χ2v) is 8.17. The topological polar surface area (TPSA) is 79.0 Å². The normalized spacial score (nSPS) is 18.8. The van der Waals surface area contributed by atoms with E-state index in [1.165, 1.54) is 0 Å². The summed E-state index contributed by atoms with van der Waals surface area (Å²) in [7, 11) is 3.27. The third-order valence-electron chi connectivity index (χ3n) is 6.32. The number of benzene rings is 2. The van der Waals surface area contributed by atoms with Crippen molar-refractivity contribution < 1.29 is 18.7 Å². The molecule has 7 heteroatoms. The molecule has 2 aromatic carbocycles. The highest BCUT2D eigenvalue weighted by Gasteiger charge is 2.49. The van der Waals surface area contributed by atoms with E-state index in [4.69, 9.17) is 23.7 Å². The van der Waals surface area contributed by atoms with Crippen LogP contribution in [0.15, 0.2) is 70.2 Å². The summed E-state index contributed by atoms with van der Waals surface area (Å²) in [4.78, 5) is 9.26. The molecule has 0 N–H and O–H groups in total. The molecule has 7 nitrogen and oxygen atoms in total. The summed E-state index contributed by atoms with van der Waals surface area (Å²) in [6, 6.07) is 15.8. The zero-order valence-corrected chi connectivity index (χ0v) is 19.4. The molecule has 4 rings (SSSR count). The number of allylic oxidation sites excluding steroid dienone is 1. The standard InChI is InChI=1S/C26H29N3O4/c1-5-26(25(2)15-9-17-27-25,16-14-19-12-13-21(30-3)22(18-19)31-4)32-24-28-23(33-29-24)20-10-7-6-8-11-20/h6-13,15,17-18H,5,14,16H2,1-4H3. The van der Waals surface area contributed by atoms with Gasteiger partial charge in [0.15, 0.2) is 11.5 Å². The van der Waals surface area contributed by atoms with Crippen molar-refractivity contribution in [3.63, 3.8) is 0 Å². The smallest absolute Gasteiger partial charge is 0.355 e. The van der Waals surface area contributed by atoms with E-state index < -0.39 is 11.1 Å². The van der Waals surface area contributed by atoms with Crippen molar-refractivity contribution in [2.45, 2.75) is 44.2 Å². The summed E-state index contributed by atoms with van der Waals surface area (Å²) in [5, 5.41) is 4.11. The minimum absolute atomic E-state index is 0.208. The van der Waals surface area contributed by atoms with E-state index in [1.807, 2.05) is 60.8 Å². The number of rotatable bonds is 10. The van der Waals surface area contributed by atoms with Crippen LogP contribution in [0.4, 0.5) is 0 Å². The molecule has 0 aliphatic carbocycles. The maximum atomic E-state index is 6.53. The van der Waals surface area contributed by atoms with Crippen molar-refractivity contribution >= 4 is 6.21 Å². The molecule has 172 valence electrons. The lowest BCUT2D eigenvalue weighted by Gasteiger charge is -2.42. The lowest BCUT2D eigenvalue weighted by molar-refractivity contribution is -0.00275. The molecule has 33 heavy (non-hydrogen) atoms. The zero-order valence-electron chi connectivity index (χ0n) is 19.4. The van der Waals surface area contributed by atoms with E-state index in [0.717, 1.165) is 17.5 Å². The van der Waals surface area contributed by atoms with Crippen molar-refractivity contribution in [3.8, 4) is 29.0 Å². The lowest BCUT2D eigenvalue weighted by Crippen LogP contribution is -2.53. The second kappa shape index (κ2) is 9.48. The molecule has 1 aliphatic rings. The van der Waals surface area contributed by atoms with Gasteiger partial charge in [-0.1, -0.05) is 37.3 Å². The molecule has 0 amide bonds. The molecule has 0 saturated heterocycles. The third kappa shape index (κ3) is 4.49. The molecule has 1 aliphatic heterocycles. The van der Waals surface area contributed by atoms with Crippen LogP contribution in [0.1, 0.15) is 32.3 Å². The van der Waals surface area contributed by atoms with Gasteiger partial charge in [0.1, 0.15) is 11.1 Å². The fourth-order valence-corrected chi connectivity index (χ4v) is 4.26.